The lowest BCUT2D eigenvalue weighted by molar-refractivity contribution is -0.114. The topological polar surface area (TPSA) is 37.3 Å². The maximum absolute atomic E-state index is 11.8. The number of hydrogen-bond acceptors (Lipinski definition) is 2. The van der Waals surface area contributed by atoms with Gasteiger partial charge in [-0.1, -0.05) is 66.7 Å². The Bertz CT molecular complexity index is 625. The van der Waals surface area contributed by atoms with E-state index in [0.29, 0.717) is 12.8 Å². The minimum atomic E-state index is -0.0749. The summed E-state index contributed by atoms with van der Waals surface area (Å²) in [5.41, 5.74) is 2.10. The van der Waals surface area contributed by atoms with E-state index in [1.165, 1.54) is 12.2 Å². The second-order valence-electron chi connectivity index (χ2n) is 4.77. The fourth-order valence-corrected chi connectivity index (χ4v) is 1.94. The maximum atomic E-state index is 11.8. The zero-order valence-electron chi connectivity index (χ0n) is 11.8. The molecule has 2 aromatic rings. The Hall–Kier alpha value is -2.61. The van der Waals surface area contributed by atoms with Gasteiger partial charge in [-0.05, 0) is 23.6 Å². The maximum Gasteiger partial charge on any atom is 0.159 e. The predicted molar refractivity (Wildman–Crippen MR) is 86.0 cm³/mol. The van der Waals surface area contributed by atoms with E-state index in [4.69, 9.17) is 0 Å². The predicted octanol–water partition coefficient (Wildman–Crippen LogP) is 4.34. The lowest BCUT2D eigenvalue weighted by atomic mass is 10.1. The van der Waals surface area contributed by atoms with E-state index in [0.717, 1.165) is 11.1 Å². The molecule has 1 N–H and O–H groups in total. The summed E-state index contributed by atoms with van der Waals surface area (Å²) in [6, 6.07) is 19.5. The van der Waals surface area contributed by atoms with Crippen molar-refractivity contribution in [3.8, 4) is 0 Å². The standard InChI is InChI=1S/C19H18O2/c20-18(13-11-16-7-3-1-4-8-16)15-19(21)14-12-17-9-5-2-6-10-17/h1-11,13,15,20H,12,14H2/b13-11?,18-15+. The number of carbonyl (C=O) groups is 1. The summed E-state index contributed by atoms with van der Waals surface area (Å²) in [5.74, 6) is -0.0917. The SMILES string of the molecule is O=C(/C=C(/O)C=Cc1ccccc1)CCc1ccccc1. The van der Waals surface area contributed by atoms with Gasteiger partial charge in [0, 0.05) is 12.5 Å². The van der Waals surface area contributed by atoms with Crippen LogP contribution >= 0.6 is 0 Å². The summed E-state index contributed by atoms with van der Waals surface area (Å²) < 4.78 is 0. The Morgan fingerprint density at radius 2 is 1.57 bits per heavy atom. The zero-order valence-corrected chi connectivity index (χ0v) is 11.8. The third-order valence-corrected chi connectivity index (χ3v) is 3.06. The molecule has 0 fully saturated rings. The molecule has 2 aromatic carbocycles. The lowest BCUT2D eigenvalue weighted by Crippen LogP contribution is -1.97. The fourth-order valence-electron chi connectivity index (χ4n) is 1.94. The zero-order chi connectivity index (χ0) is 14.9. The number of aryl methyl sites for hydroxylation is 1. The molecule has 0 radical (unpaired) electrons. The number of allylic oxidation sites excluding steroid dienone is 2. The number of aliphatic hydroxyl groups is 1. The summed E-state index contributed by atoms with van der Waals surface area (Å²) in [4.78, 5) is 11.8. The van der Waals surface area contributed by atoms with Gasteiger partial charge in [0.15, 0.2) is 5.78 Å². The Balaban J connectivity index is 1.87. The van der Waals surface area contributed by atoms with Gasteiger partial charge in [0.2, 0.25) is 0 Å². The van der Waals surface area contributed by atoms with E-state index in [2.05, 4.69) is 0 Å². The monoisotopic (exact) mass is 278 g/mol. The van der Waals surface area contributed by atoms with Gasteiger partial charge in [-0.25, -0.2) is 0 Å². The van der Waals surface area contributed by atoms with E-state index in [-0.39, 0.29) is 11.5 Å². The molecule has 0 aliphatic heterocycles. The first-order valence-corrected chi connectivity index (χ1v) is 6.94. The fraction of sp³-hybridized carbons (Fsp3) is 0.105. The van der Waals surface area contributed by atoms with Crippen LogP contribution in [0.25, 0.3) is 6.08 Å². The Labute approximate surface area is 125 Å². The second kappa shape index (κ2) is 7.85. The molecule has 0 spiro atoms. The molecule has 0 aliphatic rings. The molecule has 0 aliphatic carbocycles. The summed E-state index contributed by atoms with van der Waals surface area (Å²) >= 11 is 0. The molecule has 0 saturated carbocycles. The highest BCUT2D eigenvalue weighted by molar-refractivity contribution is 5.90. The van der Waals surface area contributed by atoms with Crippen LogP contribution in [0.2, 0.25) is 0 Å². The molecule has 0 unspecified atom stereocenters. The van der Waals surface area contributed by atoms with E-state index in [9.17, 15) is 9.90 Å². The highest BCUT2D eigenvalue weighted by Gasteiger charge is 2.00. The highest BCUT2D eigenvalue weighted by atomic mass is 16.3. The quantitative estimate of drug-likeness (QED) is 0.485. The van der Waals surface area contributed by atoms with Gasteiger partial charge in [-0.15, -0.1) is 0 Å². The molecule has 0 bridgehead atoms. The first kappa shape index (κ1) is 14.8. The van der Waals surface area contributed by atoms with Crippen molar-refractivity contribution in [1.82, 2.24) is 0 Å². The summed E-state index contributed by atoms with van der Waals surface area (Å²) in [7, 11) is 0. The third-order valence-electron chi connectivity index (χ3n) is 3.06. The Morgan fingerprint density at radius 3 is 2.24 bits per heavy atom. The van der Waals surface area contributed by atoms with Gasteiger partial charge in [0.25, 0.3) is 0 Å². The van der Waals surface area contributed by atoms with Crippen molar-refractivity contribution in [2.75, 3.05) is 0 Å². The molecule has 21 heavy (non-hydrogen) atoms. The first-order valence-electron chi connectivity index (χ1n) is 6.94. The van der Waals surface area contributed by atoms with Crippen molar-refractivity contribution in [3.05, 3.63) is 89.7 Å². The molecule has 0 amide bonds. The van der Waals surface area contributed by atoms with E-state index >= 15 is 0 Å². The van der Waals surface area contributed by atoms with Crippen molar-refractivity contribution in [3.63, 3.8) is 0 Å². The van der Waals surface area contributed by atoms with Gasteiger partial charge in [-0.2, -0.15) is 0 Å². The summed E-state index contributed by atoms with van der Waals surface area (Å²) in [6.07, 6.45) is 5.67. The molecular formula is C19H18O2. The number of aliphatic hydroxyl groups excluding tert-OH is 1. The van der Waals surface area contributed by atoms with Gasteiger partial charge < -0.3 is 5.11 Å². The van der Waals surface area contributed by atoms with Crippen LogP contribution in [0.5, 0.6) is 0 Å². The van der Waals surface area contributed by atoms with Gasteiger partial charge in [-0.3, -0.25) is 4.79 Å². The van der Waals surface area contributed by atoms with Crippen molar-refractivity contribution in [1.29, 1.82) is 0 Å². The van der Waals surface area contributed by atoms with Crippen molar-refractivity contribution in [2.45, 2.75) is 12.8 Å². The van der Waals surface area contributed by atoms with Crippen LogP contribution in [0, 0.1) is 0 Å². The summed E-state index contributed by atoms with van der Waals surface area (Å²) in [6.45, 7) is 0. The molecule has 0 atom stereocenters. The average Bonchev–Trinajstić information content (AvgIpc) is 2.53. The van der Waals surface area contributed by atoms with Crippen LogP contribution in [-0.2, 0) is 11.2 Å². The third kappa shape index (κ3) is 5.49. The van der Waals surface area contributed by atoms with Crippen molar-refractivity contribution >= 4 is 11.9 Å². The van der Waals surface area contributed by atoms with Crippen LogP contribution in [-0.4, -0.2) is 10.9 Å². The van der Waals surface area contributed by atoms with Gasteiger partial charge in [0.1, 0.15) is 5.76 Å². The lowest BCUT2D eigenvalue weighted by Gasteiger charge is -1.98. The smallest absolute Gasteiger partial charge is 0.159 e. The number of rotatable bonds is 6. The number of benzene rings is 2. The Kier molecular flexibility index (Phi) is 5.53. The van der Waals surface area contributed by atoms with Gasteiger partial charge in [0.05, 0.1) is 0 Å². The number of hydrogen-bond donors (Lipinski definition) is 1. The first-order chi connectivity index (χ1) is 10.2. The molecular weight excluding hydrogens is 260 g/mol. The number of ketones is 1. The van der Waals surface area contributed by atoms with Crippen LogP contribution in [0.3, 0.4) is 0 Å². The van der Waals surface area contributed by atoms with E-state index < -0.39 is 0 Å². The minimum Gasteiger partial charge on any atom is -0.508 e. The molecule has 0 saturated heterocycles. The van der Waals surface area contributed by atoms with Crippen LogP contribution in [0.4, 0.5) is 0 Å². The normalized spacial score (nSPS) is 11.7. The molecule has 106 valence electrons. The molecule has 0 heterocycles. The highest BCUT2D eigenvalue weighted by Crippen LogP contribution is 2.06. The molecule has 0 aromatic heterocycles. The van der Waals surface area contributed by atoms with Crippen molar-refractivity contribution in [2.24, 2.45) is 0 Å². The number of carbonyl (C=O) groups excluding carboxylic acids is 1. The van der Waals surface area contributed by atoms with Crippen molar-refractivity contribution < 1.29 is 9.90 Å². The minimum absolute atomic E-state index is 0.0167. The second-order valence-corrected chi connectivity index (χ2v) is 4.77. The molecule has 2 heteroatoms. The largest absolute Gasteiger partial charge is 0.508 e. The van der Waals surface area contributed by atoms with E-state index in [1.54, 1.807) is 6.08 Å². The molecule has 2 rings (SSSR count). The summed E-state index contributed by atoms with van der Waals surface area (Å²) in [5, 5.41) is 9.73. The van der Waals surface area contributed by atoms with Crippen LogP contribution in [0.1, 0.15) is 17.5 Å². The molecule has 2 nitrogen and oxygen atoms in total. The average molecular weight is 278 g/mol. The van der Waals surface area contributed by atoms with Gasteiger partial charge >= 0.3 is 0 Å². The Morgan fingerprint density at radius 1 is 0.952 bits per heavy atom. The van der Waals surface area contributed by atoms with Crippen LogP contribution < -0.4 is 0 Å². The van der Waals surface area contributed by atoms with Crippen LogP contribution in [0.15, 0.2) is 78.6 Å². The van der Waals surface area contributed by atoms with E-state index in [1.807, 2.05) is 60.7 Å².